The van der Waals surface area contributed by atoms with Gasteiger partial charge in [0.2, 0.25) is 10.0 Å². The second kappa shape index (κ2) is 11.1. The summed E-state index contributed by atoms with van der Waals surface area (Å²) in [4.78, 5) is 12.6. The van der Waals surface area contributed by atoms with Crippen LogP contribution in [0.25, 0.3) is 0 Å². The van der Waals surface area contributed by atoms with E-state index >= 15 is 0 Å². The number of hydrogen-bond acceptors (Lipinski definition) is 4. The zero-order valence-corrected chi connectivity index (χ0v) is 20.6. The number of benzene rings is 3. The van der Waals surface area contributed by atoms with E-state index in [4.69, 9.17) is 34.8 Å². The third-order valence-electron chi connectivity index (χ3n) is 4.64. The quantitative estimate of drug-likeness (QED) is 0.321. The van der Waals surface area contributed by atoms with Crippen LogP contribution in [0.15, 0.2) is 76.7 Å². The maximum absolute atomic E-state index is 13.3. The Morgan fingerprint density at radius 1 is 1.00 bits per heavy atom. The van der Waals surface area contributed by atoms with Crippen LogP contribution >= 0.6 is 34.8 Å². The molecule has 0 spiro atoms. The van der Waals surface area contributed by atoms with E-state index in [2.05, 4.69) is 10.5 Å². The molecule has 0 aliphatic rings. The van der Waals surface area contributed by atoms with Crippen LogP contribution in [0.3, 0.4) is 0 Å². The highest BCUT2D eigenvalue weighted by atomic mass is 35.5. The first-order chi connectivity index (χ1) is 15.7. The number of aryl methyl sites for hydroxylation is 1. The van der Waals surface area contributed by atoms with Crippen LogP contribution in [0.1, 0.15) is 16.7 Å². The van der Waals surface area contributed by atoms with Crippen LogP contribution in [0, 0.1) is 6.92 Å². The van der Waals surface area contributed by atoms with Gasteiger partial charge in [0.15, 0.2) is 0 Å². The molecule has 3 aromatic rings. The first kappa shape index (κ1) is 25.2. The fourth-order valence-electron chi connectivity index (χ4n) is 2.87. The molecule has 1 N–H and O–H groups in total. The minimum atomic E-state index is -4.01. The molecule has 0 unspecified atom stereocenters. The number of rotatable bonds is 8. The zero-order valence-electron chi connectivity index (χ0n) is 17.5. The van der Waals surface area contributed by atoms with Gasteiger partial charge in [0.25, 0.3) is 5.91 Å². The highest BCUT2D eigenvalue weighted by Crippen LogP contribution is 2.25. The van der Waals surface area contributed by atoms with Crippen molar-refractivity contribution < 1.29 is 13.2 Å². The molecule has 1 amide bonds. The van der Waals surface area contributed by atoms with E-state index in [0.29, 0.717) is 26.2 Å². The maximum Gasteiger partial charge on any atom is 0.255 e. The van der Waals surface area contributed by atoms with Crippen LogP contribution in [-0.2, 0) is 21.4 Å². The Bertz CT molecular complexity index is 1280. The Kier molecular flexibility index (Phi) is 8.51. The summed E-state index contributed by atoms with van der Waals surface area (Å²) in [6, 6.07) is 18.1. The van der Waals surface area contributed by atoms with Gasteiger partial charge >= 0.3 is 0 Å². The summed E-state index contributed by atoms with van der Waals surface area (Å²) in [5.74, 6) is -0.626. The number of carbonyl (C=O) groups excluding carboxylic acids is 1. The van der Waals surface area contributed by atoms with E-state index in [0.717, 1.165) is 9.87 Å². The molecule has 0 aromatic heterocycles. The van der Waals surface area contributed by atoms with Crippen LogP contribution in [0.4, 0.5) is 0 Å². The summed E-state index contributed by atoms with van der Waals surface area (Å²) in [6.07, 6.45) is 1.38. The van der Waals surface area contributed by atoms with E-state index in [1.165, 1.54) is 24.4 Å². The molecule has 0 bridgehead atoms. The van der Waals surface area contributed by atoms with Gasteiger partial charge in [0, 0.05) is 27.2 Å². The van der Waals surface area contributed by atoms with Gasteiger partial charge in [-0.25, -0.2) is 13.8 Å². The lowest BCUT2D eigenvalue weighted by Gasteiger charge is -2.22. The Hall–Kier alpha value is -2.42. The van der Waals surface area contributed by atoms with Gasteiger partial charge in [0.05, 0.1) is 17.7 Å². The standard InChI is InChI=1S/C23H20Cl3N3O3S/c1-16-6-10-20(11-7-16)33(31,32)29(14-18-8-9-19(24)12-22(18)26)15-23(30)28-27-13-17-4-2-3-5-21(17)25/h2-13H,14-15H2,1H3,(H,28,30)/b27-13-. The van der Waals surface area contributed by atoms with Crippen LogP contribution in [-0.4, -0.2) is 31.4 Å². The summed E-state index contributed by atoms with van der Waals surface area (Å²) in [5.41, 5.74) is 4.36. The number of halogens is 3. The molecule has 0 aliphatic heterocycles. The molecule has 0 aliphatic carbocycles. The highest BCUT2D eigenvalue weighted by molar-refractivity contribution is 7.89. The number of nitrogens with one attached hydrogen (secondary N) is 1. The molecule has 0 atom stereocenters. The maximum atomic E-state index is 13.3. The topological polar surface area (TPSA) is 78.8 Å². The molecule has 0 fully saturated rings. The van der Waals surface area contributed by atoms with Gasteiger partial charge in [-0.2, -0.15) is 9.41 Å². The Labute approximate surface area is 207 Å². The van der Waals surface area contributed by atoms with E-state index < -0.39 is 22.5 Å². The normalized spacial score (nSPS) is 11.8. The van der Waals surface area contributed by atoms with Crippen molar-refractivity contribution in [3.05, 3.63) is 98.5 Å². The average Bonchev–Trinajstić information content (AvgIpc) is 2.76. The molecule has 172 valence electrons. The van der Waals surface area contributed by atoms with Gasteiger partial charge in [-0.1, -0.05) is 76.8 Å². The summed E-state index contributed by atoms with van der Waals surface area (Å²) in [5, 5.41) is 5.07. The molecule has 0 saturated heterocycles. The van der Waals surface area contributed by atoms with Crippen molar-refractivity contribution in [3.8, 4) is 0 Å². The van der Waals surface area contributed by atoms with E-state index in [1.54, 1.807) is 48.5 Å². The Morgan fingerprint density at radius 2 is 1.70 bits per heavy atom. The zero-order chi connectivity index (χ0) is 24.0. The van der Waals surface area contributed by atoms with E-state index in [9.17, 15) is 13.2 Å². The number of nitrogens with zero attached hydrogens (tertiary/aromatic N) is 2. The highest BCUT2D eigenvalue weighted by Gasteiger charge is 2.27. The lowest BCUT2D eigenvalue weighted by atomic mass is 10.2. The molecule has 10 heteroatoms. The van der Waals surface area contributed by atoms with E-state index in [1.807, 2.05) is 6.92 Å². The summed E-state index contributed by atoms with van der Waals surface area (Å²) >= 11 is 18.3. The van der Waals surface area contributed by atoms with Crippen LogP contribution < -0.4 is 5.43 Å². The van der Waals surface area contributed by atoms with Crippen molar-refractivity contribution in [3.63, 3.8) is 0 Å². The summed E-state index contributed by atoms with van der Waals surface area (Å²) < 4.78 is 27.7. The minimum Gasteiger partial charge on any atom is -0.272 e. The monoisotopic (exact) mass is 523 g/mol. The second-order valence-electron chi connectivity index (χ2n) is 7.14. The predicted octanol–water partition coefficient (Wildman–Crippen LogP) is 5.30. The van der Waals surface area contributed by atoms with Gasteiger partial charge in [-0.15, -0.1) is 0 Å². The van der Waals surface area contributed by atoms with Crippen molar-refractivity contribution in [1.82, 2.24) is 9.73 Å². The van der Waals surface area contributed by atoms with Crippen LogP contribution in [0.5, 0.6) is 0 Å². The van der Waals surface area contributed by atoms with Gasteiger partial charge in [-0.05, 0) is 42.8 Å². The molecule has 33 heavy (non-hydrogen) atoms. The molecule has 0 radical (unpaired) electrons. The summed E-state index contributed by atoms with van der Waals surface area (Å²) in [6.45, 7) is 1.25. The van der Waals surface area contributed by atoms with Crippen LogP contribution in [0.2, 0.25) is 15.1 Å². The molecule has 0 heterocycles. The molecule has 3 rings (SSSR count). The number of amides is 1. The molecule has 6 nitrogen and oxygen atoms in total. The SMILES string of the molecule is Cc1ccc(S(=O)(=O)N(CC(=O)N/N=C\c2ccccc2Cl)Cc2ccc(Cl)cc2Cl)cc1. The smallest absolute Gasteiger partial charge is 0.255 e. The number of hydrazone groups is 1. The van der Waals surface area contributed by atoms with Gasteiger partial charge in [-0.3, -0.25) is 4.79 Å². The lowest BCUT2D eigenvalue weighted by Crippen LogP contribution is -2.39. The van der Waals surface area contributed by atoms with Crippen molar-refractivity contribution in [2.24, 2.45) is 5.10 Å². The van der Waals surface area contributed by atoms with Crippen molar-refractivity contribution >= 4 is 56.9 Å². The molecular weight excluding hydrogens is 505 g/mol. The average molecular weight is 525 g/mol. The second-order valence-corrected chi connectivity index (χ2v) is 10.3. The lowest BCUT2D eigenvalue weighted by molar-refractivity contribution is -0.121. The van der Waals surface area contributed by atoms with Crippen molar-refractivity contribution in [2.75, 3.05) is 6.54 Å². The van der Waals surface area contributed by atoms with Gasteiger partial charge in [0.1, 0.15) is 0 Å². The Morgan fingerprint density at radius 3 is 2.36 bits per heavy atom. The molecular formula is C23H20Cl3N3O3S. The first-order valence-corrected chi connectivity index (χ1v) is 12.3. The predicted molar refractivity (Wildman–Crippen MR) is 132 cm³/mol. The number of carbonyl (C=O) groups is 1. The van der Waals surface area contributed by atoms with Gasteiger partial charge < -0.3 is 0 Å². The Balaban J connectivity index is 1.83. The molecule has 0 saturated carbocycles. The fourth-order valence-corrected chi connectivity index (χ4v) is 4.90. The third kappa shape index (κ3) is 6.79. The summed E-state index contributed by atoms with van der Waals surface area (Å²) in [7, 11) is -4.01. The number of sulfonamides is 1. The third-order valence-corrected chi connectivity index (χ3v) is 7.38. The fraction of sp³-hybridized carbons (Fsp3) is 0.130. The molecule has 3 aromatic carbocycles. The number of hydrogen-bond donors (Lipinski definition) is 1. The van der Waals surface area contributed by atoms with Crippen molar-refractivity contribution in [2.45, 2.75) is 18.4 Å². The first-order valence-electron chi connectivity index (χ1n) is 9.74. The van der Waals surface area contributed by atoms with E-state index in [-0.39, 0.29) is 11.4 Å². The van der Waals surface area contributed by atoms with Crippen molar-refractivity contribution in [1.29, 1.82) is 0 Å². The largest absolute Gasteiger partial charge is 0.272 e. The minimum absolute atomic E-state index is 0.0607.